The van der Waals surface area contributed by atoms with E-state index in [1.807, 2.05) is 35.0 Å². The van der Waals surface area contributed by atoms with Gasteiger partial charge in [-0.15, -0.1) is 0 Å². The molecule has 4 heterocycles. The van der Waals surface area contributed by atoms with Gasteiger partial charge < -0.3 is 14.6 Å². The van der Waals surface area contributed by atoms with Crippen molar-refractivity contribution < 1.29 is 18.0 Å². The monoisotopic (exact) mass is 406 g/mol. The Labute approximate surface area is 165 Å². The fraction of sp³-hybridized carbons (Fsp3) is 0.421. The Kier molecular flexibility index (Phi) is 5.16. The minimum Gasteiger partial charge on any atom is -0.338 e. The number of carbonyl (C=O) groups excluding carboxylic acids is 1. The van der Waals surface area contributed by atoms with E-state index in [0.29, 0.717) is 38.9 Å². The van der Waals surface area contributed by atoms with E-state index in [-0.39, 0.29) is 12.1 Å². The lowest BCUT2D eigenvalue weighted by Gasteiger charge is -2.32. The van der Waals surface area contributed by atoms with Crippen molar-refractivity contribution in [1.82, 2.24) is 29.4 Å². The van der Waals surface area contributed by atoms with Crippen LogP contribution in [0.5, 0.6) is 0 Å². The molecule has 0 bridgehead atoms. The number of nitrogens with zero attached hydrogens (tertiary/aromatic N) is 5. The maximum atomic E-state index is 12.7. The second-order valence-electron chi connectivity index (χ2n) is 7.08. The quantitative estimate of drug-likeness (QED) is 0.724. The molecule has 3 aromatic rings. The van der Waals surface area contributed by atoms with Gasteiger partial charge in [0, 0.05) is 44.6 Å². The maximum absolute atomic E-state index is 12.7. The summed E-state index contributed by atoms with van der Waals surface area (Å²) in [6, 6.07) is 6.46. The molecule has 0 aliphatic carbocycles. The van der Waals surface area contributed by atoms with Gasteiger partial charge in [0.15, 0.2) is 5.69 Å². The zero-order valence-corrected chi connectivity index (χ0v) is 15.6. The summed E-state index contributed by atoms with van der Waals surface area (Å²) in [6.07, 6.45) is 2.54. The number of piperidine rings is 1. The summed E-state index contributed by atoms with van der Waals surface area (Å²) in [6.45, 7) is 1.43. The topological polar surface area (TPSA) is 67.5 Å². The van der Waals surface area contributed by atoms with Crippen molar-refractivity contribution in [2.24, 2.45) is 0 Å². The number of rotatable bonds is 4. The number of pyridine rings is 1. The van der Waals surface area contributed by atoms with Crippen molar-refractivity contribution in [3.05, 3.63) is 54.2 Å². The van der Waals surface area contributed by atoms with Crippen LogP contribution in [0.3, 0.4) is 0 Å². The molecule has 1 fully saturated rings. The number of aromatic nitrogens is 4. The summed E-state index contributed by atoms with van der Waals surface area (Å²) in [5.41, 5.74) is 0.877. The van der Waals surface area contributed by atoms with E-state index in [1.165, 1.54) is 10.9 Å². The third-order valence-corrected chi connectivity index (χ3v) is 5.10. The van der Waals surface area contributed by atoms with Crippen LogP contribution in [-0.4, -0.2) is 49.7 Å². The molecule has 154 valence electrons. The first-order valence-corrected chi connectivity index (χ1v) is 9.48. The van der Waals surface area contributed by atoms with Gasteiger partial charge in [-0.25, -0.2) is 9.78 Å². The summed E-state index contributed by atoms with van der Waals surface area (Å²) < 4.78 is 41.4. The van der Waals surface area contributed by atoms with E-state index in [1.54, 1.807) is 4.90 Å². The fourth-order valence-corrected chi connectivity index (χ4v) is 3.54. The number of hydrogen-bond acceptors (Lipinski definition) is 3. The van der Waals surface area contributed by atoms with Crippen LogP contribution < -0.4 is 5.32 Å². The molecule has 2 amide bonds. The Morgan fingerprint density at radius 2 is 1.97 bits per heavy atom. The highest BCUT2D eigenvalue weighted by atomic mass is 19.4. The number of fused-ring (bicyclic) bond motifs is 1. The van der Waals surface area contributed by atoms with E-state index in [4.69, 9.17) is 0 Å². The van der Waals surface area contributed by atoms with Crippen LogP contribution in [0.1, 0.15) is 30.3 Å². The van der Waals surface area contributed by atoms with Gasteiger partial charge in [-0.05, 0) is 31.0 Å². The predicted molar refractivity (Wildman–Crippen MR) is 99.4 cm³/mol. The van der Waals surface area contributed by atoms with Gasteiger partial charge in [0.25, 0.3) is 0 Å². The van der Waals surface area contributed by atoms with Crippen molar-refractivity contribution in [2.75, 3.05) is 19.6 Å². The minimum absolute atomic E-state index is 0.131. The number of imidazole rings is 1. The highest BCUT2D eigenvalue weighted by molar-refractivity contribution is 5.74. The molecule has 0 spiro atoms. The molecular formula is C19H21F3N6O. The largest absolute Gasteiger partial charge is 0.435 e. The van der Waals surface area contributed by atoms with Crippen molar-refractivity contribution in [2.45, 2.75) is 31.5 Å². The lowest BCUT2D eigenvalue weighted by atomic mass is 10.1. The number of halogens is 3. The molecule has 1 aliphatic rings. The predicted octanol–water partition coefficient (Wildman–Crippen LogP) is 3.14. The van der Waals surface area contributed by atoms with E-state index >= 15 is 0 Å². The number of alkyl halides is 3. The van der Waals surface area contributed by atoms with Gasteiger partial charge in [0.2, 0.25) is 0 Å². The summed E-state index contributed by atoms with van der Waals surface area (Å²) in [7, 11) is 0. The minimum atomic E-state index is -4.44. The first-order valence-electron chi connectivity index (χ1n) is 9.48. The SMILES string of the molecule is O=C(NCCc1cn2ccccc2n1)N1CCC(n2ccc(C(F)(F)F)n2)CC1. The molecule has 4 rings (SSSR count). The van der Waals surface area contributed by atoms with Crippen LogP contribution >= 0.6 is 0 Å². The molecule has 1 saturated heterocycles. The molecule has 1 N–H and O–H groups in total. The average Bonchev–Trinajstić information content (AvgIpc) is 3.35. The number of amides is 2. The molecule has 10 heteroatoms. The number of urea groups is 1. The average molecular weight is 406 g/mol. The third kappa shape index (κ3) is 4.36. The van der Waals surface area contributed by atoms with E-state index in [0.717, 1.165) is 17.4 Å². The molecule has 29 heavy (non-hydrogen) atoms. The summed E-state index contributed by atoms with van der Waals surface area (Å²) >= 11 is 0. The molecule has 3 aromatic heterocycles. The Balaban J connectivity index is 1.24. The van der Waals surface area contributed by atoms with Crippen molar-refractivity contribution in [3.63, 3.8) is 0 Å². The Hall–Kier alpha value is -3.04. The second kappa shape index (κ2) is 7.76. The van der Waals surface area contributed by atoms with Gasteiger partial charge in [0.05, 0.1) is 11.7 Å². The van der Waals surface area contributed by atoms with Gasteiger partial charge in [-0.3, -0.25) is 4.68 Å². The van der Waals surface area contributed by atoms with Gasteiger partial charge in [-0.2, -0.15) is 18.3 Å². The smallest absolute Gasteiger partial charge is 0.338 e. The van der Waals surface area contributed by atoms with Crippen LogP contribution in [0.15, 0.2) is 42.9 Å². The zero-order valence-electron chi connectivity index (χ0n) is 15.6. The van der Waals surface area contributed by atoms with Crippen molar-refractivity contribution >= 4 is 11.7 Å². The van der Waals surface area contributed by atoms with E-state index in [9.17, 15) is 18.0 Å². The highest BCUT2D eigenvalue weighted by Crippen LogP contribution is 2.29. The zero-order chi connectivity index (χ0) is 20.4. The van der Waals surface area contributed by atoms with E-state index < -0.39 is 11.9 Å². The highest BCUT2D eigenvalue weighted by Gasteiger charge is 2.34. The maximum Gasteiger partial charge on any atom is 0.435 e. The van der Waals surface area contributed by atoms with Crippen molar-refractivity contribution in [3.8, 4) is 0 Å². The molecule has 1 aliphatic heterocycles. The first kappa shape index (κ1) is 19.3. The van der Waals surface area contributed by atoms with Crippen LogP contribution in [0.25, 0.3) is 5.65 Å². The molecule has 0 radical (unpaired) electrons. The van der Waals surface area contributed by atoms with Gasteiger partial charge in [-0.1, -0.05) is 6.07 Å². The molecule has 0 aromatic carbocycles. The lowest BCUT2D eigenvalue weighted by Crippen LogP contribution is -2.45. The summed E-state index contributed by atoms with van der Waals surface area (Å²) in [4.78, 5) is 18.5. The second-order valence-corrected chi connectivity index (χ2v) is 7.08. The lowest BCUT2D eigenvalue weighted by molar-refractivity contribution is -0.141. The Bertz CT molecular complexity index is 954. The Morgan fingerprint density at radius 1 is 1.17 bits per heavy atom. The van der Waals surface area contributed by atoms with E-state index in [2.05, 4.69) is 15.4 Å². The summed E-state index contributed by atoms with van der Waals surface area (Å²) in [5, 5.41) is 6.53. The van der Waals surface area contributed by atoms with Crippen molar-refractivity contribution in [1.29, 1.82) is 0 Å². The fourth-order valence-electron chi connectivity index (χ4n) is 3.54. The van der Waals surface area contributed by atoms with Crippen LogP contribution in [0, 0.1) is 0 Å². The molecular weight excluding hydrogens is 385 g/mol. The molecule has 0 saturated carbocycles. The Morgan fingerprint density at radius 3 is 2.66 bits per heavy atom. The molecule has 7 nitrogen and oxygen atoms in total. The first-order chi connectivity index (χ1) is 13.9. The standard InChI is InChI=1S/C19H21F3N6O/c20-19(21,22)16-7-12-28(25-16)15-5-10-26(11-6-15)18(29)23-8-4-14-13-27-9-2-1-3-17(27)24-14/h1-3,7,9,12-13,15H,4-6,8,10-11H2,(H,23,29). The number of hydrogen-bond donors (Lipinski definition) is 1. The van der Waals surface area contributed by atoms with Gasteiger partial charge >= 0.3 is 12.2 Å². The number of carbonyl (C=O) groups is 1. The van der Waals surface area contributed by atoms with Crippen LogP contribution in [-0.2, 0) is 12.6 Å². The third-order valence-electron chi connectivity index (χ3n) is 5.10. The normalized spacial score (nSPS) is 15.8. The molecule has 0 atom stereocenters. The number of nitrogens with one attached hydrogen (secondary N) is 1. The van der Waals surface area contributed by atoms with Gasteiger partial charge in [0.1, 0.15) is 5.65 Å². The van der Waals surface area contributed by atoms with Crippen LogP contribution in [0.2, 0.25) is 0 Å². The summed E-state index contributed by atoms with van der Waals surface area (Å²) in [5.74, 6) is 0. The van der Waals surface area contributed by atoms with Crippen LogP contribution in [0.4, 0.5) is 18.0 Å². The number of likely N-dealkylation sites (tertiary alicyclic amines) is 1. The molecule has 0 unspecified atom stereocenters.